The maximum absolute atomic E-state index is 11.6. The van der Waals surface area contributed by atoms with Gasteiger partial charge in [0.1, 0.15) is 0 Å². The van der Waals surface area contributed by atoms with Crippen molar-refractivity contribution in [1.82, 2.24) is 4.90 Å². The molecule has 0 radical (unpaired) electrons. The molecule has 0 bridgehead atoms. The third kappa shape index (κ3) is 3.07. The zero-order valence-electron chi connectivity index (χ0n) is 9.49. The summed E-state index contributed by atoms with van der Waals surface area (Å²) in [4.78, 5) is 24.5. The first-order valence-corrected chi connectivity index (χ1v) is 6.12. The van der Waals surface area contributed by atoms with Crippen molar-refractivity contribution in [2.75, 3.05) is 6.54 Å². The zero-order chi connectivity index (χ0) is 12.3. The van der Waals surface area contributed by atoms with Gasteiger partial charge in [0.25, 0.3) is 0 Å². The van der Waals surface area contributed by atoms with Crippen LogP contribution in [-0.2, 0) is 16.0 Å². The minimum atomic E-state index is -0.0461. The summed E-state index contributed by atoms with van der Waals surface area (Å²) in [5.74, 6) is -0.0922. The largest absolute Gasteiger partial charge is 0.282 e. The number of imide groups is 1. The molecule has 1 aliphatic heterocycles. The molecule has 2 amide bonds. The summed E-state index contributed by atoms with van der Waals surface area (Å²) >= 11 is 5.79. The first-order valence-electron chi connectivity index (χ1n) is 5.74. The first-order chi connectivity index (χ1) is 8.16. The van der Waals surface area contributed by atoms with Crippen LogP contribution in [0.1, 0.15) is 24.8 Å². The molecule has 90 valence electrons. The maximum atomic E-state index is 11.6. The van der Waals surface area contributed by atoms with Crippen molar-refractivity contribution in [3.05, 3.63) is 34.9 Å². The van der Waals surface area contributed by atoms with Crippen molar-refractivity contribution in [2.45, 2.75) is 25.7 Å². The fourth-order valence-corrected chi connectivity index (χ4v) is 2.07. The molecular formula is C13H14ClNO2. The SMILES string of the molecule is O=C1CCCC(=O)N1CCc1ccc(Cl)cc1. The molecule has 0 saturated carbocycles. The smallest absolute Gasteiger partial charge is 0.229 e. The van der Waals surface area contributed by atoms with E-state index in [2.05, 4.69) is 0 Å². The van der Waals surface area contributed by atoms with E-state index in [0.717, 1.165) is 5.56 Å². The molecule has 0 unspecified atom stereocenters. The van der Waals surface area contributed by atoms with Crippen molar-refractivity contribution in [1.29, 1.82) is 0 Å². The predicted molar refractivity (Wildman–Crippen MR) is 65.7 cm³/mol. The van der Waals surface area contributed by atoms with Gasteiger partial charge in [-0.3, -0.25) is 14.5 Å². The van der Waals surface area contributed by atoms with E-state index in [1.807, 2.05) is 24.3 Å². The Kier molecular flexibility index (Phi) is 3.79. The van der Waals surface area contributed by atoms with Crippen molar-refractivity contribution < 1.29 is 9.59 Å². The van der Waals surface area contributed by atoms with Crippen LogP contribution in [0.5, 0.6) is 0 Å². The number of carbonyl (C=O) groups excluding carboxylic acids is 2. The predicted octanol–water partition coefficient (Wildman–Crippen LogP) is 2.42. The van der Waals surface area contributed by atoms with E-state index in [4.69, 9.17) is 11.6 Å². The van der Waals surface area contributed by atoms with Gasteiger partial charge >= 0.3 is 0 Å². The van der Waals surface area contributed by atoms with E-state index in [-0.39, 0.29) is 11.8 Å². The lowest BCUT2D eigenvalue weighted by atomic mass is 10.1. The molecule has 1 aromatic carbocycles. The van der Waals surface area contributed by atoms with Gasteiger partial charge in [0.05, 0.1) is 0 Å². The van der Waals surface area contributed by atoms with Crippen LogP contribution in [0.4, 0.5) is 0 Å². The summed E-state index contributed by atoms with van der Waals surface area (Å²) < 4.78 is 0. The van der Waals surface area contributed by atoms with Crippen LogP contribution in [-0.4, -0.2) is 23.3 Å². The van der Waals surface area contributed by atoms with Gasteiger partial charge in [0.15, 0.2) is 0 Å². The highest BCUT2D eigenvalue weighted by Gasteiger charge is 2.25. The third-order valence-electron chi connectivity index (χ3n) is 2.92. The minimum Gasteiger partial charge on any atom is -0.282 e. The topological polar surface area (TPSA) is 37.4 Å². The molecule has 0 N–H and O–H groups in total. The Bertz CT molecular complexity index is 412. The van der Waals surface area contributed by atoms with Gasteiger partial charge in [-0.25, -0.2) is 0 Å². The number of rotatable bonds is 3. The summed E-state index contributed by atoms with van der Waals surface area (Å²) in [5, 5.41) is 0.693. The third-order valence-corrected chi connectivity index (χ3v) is 3.17. The van der Waals surface area contributed by atoms with Crippen molar-refractivity contribution in [3.63, 3.8) is 0 Å². The highest BCUT2D eigenvalue weighted by molar-refractivity contribution is 6.30. The number of amides is 2. The van der Waals surface area contributed by atoms with E-state index in [1.165, 1.54) is 4.90 Å². The number of hydrogen-bond donors (Lipinski definition) is 0. The Morgan fingerprint density at radius 3 is 2.24 bits per heavy atom. The highest BCUT2D eigenvalue weighted by atomic mass is 35.5. The van der Waals surface area contributed by atoms with Crippen LogP contribution >= 0.6 is 11.6 Å². The van der Waals surface area contributed by atoms with Crippen molar-refractivity contribution in [2.24, 2.45) is 0 Å². The normalized spacial score (nSPS) is 16.4. The second-order valence-electron chi connectivity index (χ2n) is 4.17. The van der Waals surface area contributed by atoms with Crippen LogP contribution in [0.2, 0.25) is 5.02 Å². The fraction of sp³-hybridized carbons (Fsp3) is 0.385. The molecule has 0 atom stereocenters. The number of halogens is 1. The zero-order valence-corrected chi connectivity index (χ0v) is 10.2. The summed E-state index contributed by atoms with van der Waals surface area (Å²) in [6, 6.07) is 7.47. The van der Waals surface area contributed by atoms with Gasteiger partial charge in [-0.15, -0.1) is 0 Å². The van der Waals surface area contributed by atoms with Crippen LogP contribution in [0, 0.1) is 0 Å². The number of carbonyl (C=O) groups is 2. The van der Waals surface area contributed by atoms with Gasteiger partial charge in [-0.1, -0.05) is 23.7 Å². The Hall–Kier alpha value is -1.35. The van der Waals surface area contributed by atoms with E-state index in [1.54, 1.807) is 0 Å². The molecule has 1 fully saturated rings. The number of nitrogens with zero attached hydrogens (tertiary/aromatic N) is 1. The Morgan fingerprint density at radius 2 is 1.65 bits per heavy atom. The number of piperidine rings is 1. The van der Waals surface area contributed by atoms with E-state index in [0.29, 0.717) is 37.3 Å². The van der Waals surface area contributed by atoms with Gasteiger partial charge in [-0.05, 0) is 30.5 Å². The van der Waals surface area contributed by atoms with Crippen LogP contribution < -0.4 is 0 Å². The molecule has 3 nitrogen and oxygen atoms in total. The molecule has 0 spiro atoms. The Balaban J connectivity index is 1.95. The average Bonchev–Trinajstić information content (AvgIpc) is 2.31. The summed E-state index contributed by atoms with van der Waals surface area (Å²) in [7, 11) is 0. The van der Waals surface area contributed by atoms with Gasteiger partial charge < -0.3 is 0 Å². The van der Waals surface area contributed by atoms with E-state index in [9.17, 15) is 9.59 Å². The number of benzene rings is 1. The van der Waals surface area contributed by atoms with E-state index < -0.39 is 0 Å². The molecule has 0 aliphatic carbocycles. The quantitative estimate of drug-likeness (QED) is 0.774. The molecule has 17 heavy (non-hydrogen) atoms. The molecule has 2 rings (SSSR count). The van der Waals surface area contributed by atoms with Crippen LogP contribution in [0.15, 0.2) is 24.3 Å². The second-order valence-corrected chi connectivity index (χ2v) is 4.61. The summed E-state index contributed by atoms with van der Waals surface area (Å²) in [6.45, 7) is 0.472. The summed E-state index contributed by atoms with van der Waals surface area (Å²) in [5.41, 5.74) is 1.08. The number of likely N-dealkylation sites (tertiary alicyclic amines) is 1. The molecule has 0 aromatic heterocycles. The monoisotopic (exact) mass is 251 g/mol. The first kappa shape index (κ1) is 12.1. The summed E-state index contributed by atoms with van der Waals surface area (Å²) in [6.07, 6.45) is 2.36. The minimum absolute atomic E-state index is 0.0461. The lowest BCUT2D eigenvalue weighted by Gasteiger charge is -2.24. The Labute approximate surface area is 105 Å². The lowest BCUT2D eigenvalue weighted by Crippen LogP contribution is -2.41. The second kappa shape index (κ2) is 5.32. The van der Waals surface area contributed by atoms with Crippen molar-refractivity contribution >= 4 is 23.4 Å². The van der Waals surface area contributed by atoms with E-state index >= 15 is 0 Å². The average molecular weight is 252 g/mol. The molecule has 1 aromatic rings. The molecule has 4 heteroatoms. The molecular weight excluding hydrogens is 238 g/mol. The molecule has 1 saturated heterocycles. The van der Waals surface area contributed by atoms with Gasteiger partial charge in [-0.2, -0.15) is 0 Å². The Morgan fingerprint density at radius 1 is 1.06 bits per heavy atom. The van der Waals surface area contributed by atoms with Gasteiger partial charge in [0, 0.05) is 24.4 Å². The van der Waals surface area contributed by atoms with Crippen LogP contribution in [0.3, 0.4) is 0 Å². The maximum Gasteiger partial charge on any atom is 0.229 e. The molecule has 1 heterocycles. The lowest BCUT2D eigenvalue weighted by molar-refractivity contribution is -0.147. The number of hydrogen-bond acceptors (Lipinski definition) is 2. The molecule has 1 aliphatic rings. The van der Waals surface area contributed by atoms with Gasteiger partial charge in [0.2, 0.25) is 11.8 Å². The van der Waals surface area contributed by atoms with Crippen molar-refractivity contribution in [3.8, 4) is 0 Å². The van der Waals surface area contributed by atoms with Crippen LogP contribution in [0.25, 0.3) is 0 Å². The fourth-order valence-electron chi connectivity index (χ4n) is 1.94. The standard InChI is InChI=1S/C13H14ClNO2/c14-11-6-4-10(5-7-11)8-9-15-12(16)2-1-3-13(15)17/h4-7H,1-3,8-9H2. The highest BCUT2D eigenvalue weighted by Crippen LogP contribution is 2.14.